The molecule has 4 aromatic carbocycles. The molecule has 0 aromatic heterocycles. The van der Waals surface area contributed by atoms with Crippen LogP contribution in [0.4, 0.5) is 0 Å². The Bertz CT molecular complexity index is 3510. The van der Waals surface area contributed by atoms with E-state index in [1.165, 1.54) is 0 Å². The van der Waals surface area contributed by atoms with Crippen molar-refractivity contribution in [3.63, 3.8) is 0 Å². The van der Waals surface area contributed by atoms with Gasteiger partial charge in [0.25, 0.3) is 0 Å². The Hall–Kier alpha value is -9.79. The van der Waals surface area contributed by atoms with Gasteiger partial charge in [-0.05, 0) is 30.2 Å². The van der Waals surface area contributed by atoms with E-state index in [1.54, 1.807) is 0 Å². The summed E-state index contributed by atoms with van der Waals surface area (Å²) in [6.45, 7) is -1.60. The normalized spacial score (nSPS) is 27.4. The number of hydrogen-bond donors (Lipinski definition) is 24. The summed E-state index contributed by atoms with van der Waals surface area (Å²) in [6.07, 6.45) is -17.6. The highest BCUT2D eigenvalue weighted by Crippen LogP contribution is 2.60. The standard InChI is InChI=1S/C52H50O31/c53-17-2-1-10(3-19(17)55)46-23(59)5-11-18(54)8-20(56)24(47(11)83-46)16(9-82-52(81)14-7-22(58)36(63)38(65)27(14)26-13(48(73)74)6-21(57)35(62)37(26)64)28-32(51(79)80)30(42(69)45(72)40(28)67)29-31(50(77)78)25(39(66)44(71)41(29)68)12-4-15(49(75)76)34(61)43(70)33(12)60/h1-4,6,8,12,14,16,22-23,27-28,30,32-34,40,43,46,53-72H,5,7,9H2,(H,73,74)(H,75,76)(H,77,78)(H,79,80)/t12-,14?,16-,22+,23-,27+,28+,30-,32?,33?,34-,40+,43+,46+/m0/s1. The number of aromatic hydroxyl groups is 10. The summed E-state index contributed by atoms with van der Waals surface area (Å²) in [5.74, 6) is -48.9. The highest BCUT2D eigenvalue weighted by molar-refractivity contribution is 5.97. The SMILES string of the molecule is O=C(O)C1=C[C@@H](c2c(O)c(O)c(O)c([C@@H]3C(O)=C(O)[C@H](O)[C@H]([C@@H](COC(=O)C4C[C@@H](O)C(O)=C(O)[C@H]4c4c(C(=O)O)cc(O)c(O)c4O)c4c(O)cc(O)c5c4O[C@H](c4ccc(O)c(O)c4)[C@@H](O)C5)C3C(=O)O)c2C(=O)O)C(O)[C@@H](O)[C@H]1O. The predicted octanol–water partition coefficient (Wildman–Crippen LogP) is 0.289. The van der Waals surface area contributed by atoms with Gasteiger partial charge in [0.1, 0.15) is 59.3 Å². The maximum absolute atomic E-state index is 14.7. The first-order valence-corrected chi connectivity index (χ1v) is 24.2. The van der Waals surface area contributed by atoms with Crippen LogP contribution in [0.25, 0.3) is 0 Å². The maximum atomic E-state index is 14.7. The number of hydrogen-bond acceptors (Lipinski definition) is 27. The van der Waals surface area contributed by atoms with Crippen LogP contribution in [0.15, 0.2) is 65.0 Å². The number of rotatable bonds is 13. The van der Waals surface area contributed by atoms with Gasteiger partial charge in [0, 0.05) is 58.1 Å². The molecule has 0 fully saturated rings. The minimum atomic E-state index is -2.94. The average molecular weight is 1170 g/mol. The van der Waals surface area contributed by atoms with Crippen molar-refractivity contribution in [3.8, 4) is 63.2 Å². The van der Waals surface area contributed by atoms with Crippen LogP contribution in [-0.2, 0) is 25.5 Å². The second kappa shape index (κ2) is 21.6. The van der Waals surface area contributed by atoms with E-state index < -0.39 is 264 Å². The number of fused-ring (bicyclic) bond motifs is 1. The lowest BCUT2D eigenvalue weighted by molar-refractivity contribution is -0.155. The Labute approximate surface area is 461 Å². The number of carbonyl (C=O) groups is 5. The molecule has 8 rings (SSSR count). The van der Waals surface area contributed by atoms with Gasteiger partial charge in [0.15, 0.2) is 46.0 Å². The molecule has 0 saturated heterocycles. The smallest absolute Gasteiger partial charge is 0.336 e. The van der Waals surface area contributed by atoms with E-state index in [2.05, 4.69) is 0 Å². The van der Waals surface area contributed by atoms with Crippen molar-refractivity contribution in [1.82, 2.24) is 0 Å². The molecule has 83 heavy (non-hydrogen) atoms. The summed E-state index contributed by atoms with van der Waals surface area (Å²) in [6, 6.07) is 3.81. The van der Waals surface area contributed by atoms with Crippen LogP contribution in [0.1, 0.15) is 90.3 Å². The first-order chi connectivity index (χ1) is 38.8. The van der Waals surface area contributed by atoms with Gasteiger partial charge in [-0.15, -0.1) is 0 Å². The minimum Gasteiger partial charge on any atom is -0.508 e. The van der Waals surface area contributed by atoms with Crippen LogP contribution >= 0.6 is 0 Å². The molecule has 14 atom stereocenters. The lowest BCUT2D eigenvalue weighted by Crippen LogP contribution is -2.48. The Morgan fingerprint density at radius 1 is 0.578 bits per heavy atom. The zero-order valence-corrected chi connectivity index (χ0v) is 41.8. The second-order valence-corrected chi connectivity index (χ2v) is 20.0. The maximum Gasteiger partial charge on any atom is 0.336 e. The third-order valence-electron chi connectivity index (χ3n) is 15.4. The number of carboxylic acids is 4. The van der Waals surface area contributed by atoms with E-state index in [4.69, 9.17) is 9.47 Å². The number of carbonyl (C=O) groups excluding carboxylic acids is 1. The number of ether oxygens (including phenoxy) is 2. The molecule has 0 radical (unpaired) electrons. The molecule has 3 unspecified atom stereocenters. The van der Waals surface area contributed by atoms with Gasteiger partial charge in [-0.2, -0.15) is 0 Å². The third kappa shape index (κ3) is 9.63. The molecule has 4 aliphatic rings. The van der Waals surface area contributed by atoms with Crippen molar-refractivity contribution in [3.05, 3.63) is 110 Å². The van der Waals surface area contributed by atoms with E-state index >= 15 is 0 Å². The Morgan fingerprint density at radius 2 is 1.19 bits per heavy atom. The molecule has 31 heteroatoms. The zero-order chi connectivity index (χ0) is 61.6. The van der Waals surface area contributed by atoms with Crippen molar-refractivity contribution in [1.29, 1.82) is 0 Å². The predicted molar refractivity (Wildman–Crippen MR) is 264 cm³/mol. The first kappa shape index (κ1) is 59.3. The fourth-order valence-corrected chi connectivity index (χ4v) is 11.5. The van der Waals surface area contributed by atoms with Crippen LogP contribution in [0.5, 0.6) is 63.2 Å². The lowest BCUT2D eigenvalue weighted by Gasteiger charge is -2.44. The van der Waals surface area contributed by atoms with Gasteiger partial charge >= 0.3 is 29.8 Å². The van der Waals surface area contributed by atoms with Crippen LogP contribution < -0.4 is 4.74 Å². The summed E-state index contributed by atoms with van der Waals surface area (Å²) in [5, 5.41) is 264. The van der Waals surface area contributed by atoms with Gasteiger partial charge in [0.2, 0.25) is 11.5 Å². The van der Waals surface area contributed by atoms with E-state index in [0.717, 1.165) is 18.2 Å². The number of aliphatic hydroxyl groups excluding tert-OH is 10. The van der Waals surface area contributed by atoms with Crippen molar-refractivity contribution in [2.45, 2.75) is 79.2 Å². The fourth-order valence-electron chi connectivity index (χ4n) is 11.5. The first-order valence-electron chi connectivity index (χ1n) is 24.2. The largest absolute Gasteiger partial charge is 0.508 e. The van der Waals surface area contributed by atoms with Gasteiger partial charge < -0.3 is 132 Å². The van der Waals surface area contributed by atoms with E-state index in [1.807, 2.05) is 0 Å². The molecular formula is C52H50O31. The van der Waals surface area contributed by atoms with Crippen molar-refractivity contribution in [2.75, 3.05) is 6.61 Å². The van der Waals surface area contributed by atoms with Crippen molar-refractivity contribution >= 4 is 29.8 Å². The Balaban J connectivity index is 1.39. The highest BCUT2D eigenvalue weighted by Gasteiger charge is 2.57. The number of esters is 1. The number of phenolic OH excluding ortho intramolecular Hbond substituents is 10. The molecule has 31 nitrogen and oxygen atoms in total. The number of aliphatic carboxylic acids is 2. The van der Waals surface area contributed by atoms with Crippen LogP contribution in [0.3, 0.4) is 0 Å². The number of phenols is 10. The Morgan fingerprint density at radius 3 is 1.78 bits per heavy atom. The number of allylic oxidation sites excluding steroid dienone is 2. The number of carboxylic acid groups (broad SMARTS) is 4. The molecule has 1 aliphatic heterocycles. The van der Waals surface area contributed by atoms with Gasteiger partial charge in [-0.25, -0.2) is 14.4 Å². The molecule has 3 aliphatic carbocycles. The van der Waals surface area contributed by atoms with Crippen LogP contribution in [-0.4, -0.2) is 196 Å². The molecule has 0 bridgehead atoms. The molecular weight excluding hydrogens is 1120 g/mol. The van der Waals surface area contributed by atoms with Crippen LogP contribution in [0.2, 0.25) is 0 Å². The van der Waals surface area contributed by atoms with Gasteiger partial charge in [0.05, 0.1) is 59.2 Å². The molecule has 0 spiro atoms. The fraction of sp³-hybridized carbons (Fsp3) is 0.327. The molecule has 1 heterocycles. The van der Waals surface area contributed by atoms with Crippen molar-refractivity contribution < 1.29 is 156 Å². The molecule has 444 valence electrons. The molecule has 24 N–H and O–H groups in total. The third-order valence-corrected chi connectivity index (χ3v) is 15.4. The number of benzene rings is 4. The average Bonchev–Trinajstić information content (AvgIpc) is 3.42. The van der Waals surface area contributed by atoms with Gasteiger partial charge in [-0.3, -0.25) is 9.59 Å². The molecule has 0 saturated carbocycles. The van der Waals surface area contributed by atoms with Crippen molar-refractivity contribution in [2.24, 2.45) is 17.8 Å². The lowest BCUT2D eigenvalue weighted by atomic mass is 9.62. The van der Waals surface area contributed by atoms with Gasteiger partial charge in [-0.1, -0.05) is 12.1 Å². The second-order valence-electron chi connectivity index (χ2n) is 20.0. The van der Waals surface area contributed by atoms with E-state index in [-0.39, 0.29) is 5.56 Å². The summed E-state index contributed by atoms with van der Waals surface area (Å²) in [4.78, 5) is 67.1. The topological polar surface area (TPSA) is 589 Å². The summed E-state index contributed by atoms with van der Waals surface area (Å²) in [5.41, 5.74) is -9.54. The molecule has 4 aromatic rings. The summed E-state index contributed by atoms with van der Waals surface area (Å²) in [7, 11) is 0. The number of aromatic carboxylic acids is 2. The molecule has 0 amide bonds. The quantitative estimate of drug-likeness (QED) is 0.0632. The monoisotopic (exact) mass is 1170 g/mol. The minimum absolute atomic E-state index is 0.167. The zero-order valence-electron chi connectivity index (χ0n) is 41.8. The van der Waals surface area contributed by atoms with Crippen LogP contribution in [0, 0.1) is 17.8 Å². The summed E-state index contributed by atoms with van der Waals surface area (Å²) < 4.78 is 11.8. The Kier molecular flexibility index (Phi) is 15.4. The number of aliphatic hydroxyl groups is 10. The van der Waals surface area contributed by atoms with E-state index in [9.17, 15) is 147 Å². The highest BCUT2D eigenvalue weighted by atomic mass is 16.5. The summed E-state index contributed by atoms with van der Waals surface area (Å²) >= 11 is 0. The van der Waals surface area contributed by atoms with E-state index in [0.29, 0.717) is 18.2 Å².